The molecular weight excluding hydrogens is 310 g/mol. The summed E-state index contributed by atoms with van der Waals surface area (Å²) in [6.07, 6.45) is 1.07. The van der Waals surface area contributed by atoms with Crippen molar-refractivity contribution in [3.63, 3.8) is 0 Å². The van der Waals surface area contributed by atoms with Crippen molar-refractivity contribution >= 4 is 38.9 Å². The van der Waals surface area contributed by atoms with Gasteiger partial charge in [-0.05, 0) is 6.07 Å². The van der Waals surface area contributed by atoms with Gasteiger partial charge in [0, 0.05) is 42.7 Å². The van der Waals surface area contributed by atoms with E-state index in [0.29, 0.717) is 36.0 Å². The van der Waals surface area contributed by atoms with Crippen LogP contribution in [0.1, 0.15) is 22.5 Å². The lowest BCUT2D eigenvalue weighted by Crippen LogP contribution is -2.46. The van der Waals surface area contributed by atoms with Gasteiger partial charge in [-0.25, -0.2) is 0 Å². The zero-order chi connectivity index (χ0) is 14.9. The standard InChI is InChI=1S/C15H16ClNO3S/c16-12-10-3-1-2-4-11(10)21-13(12)14(18)17-9-15(19)5-7-20-8-6-15/h1-4,19H,5-9H2,(H,17,18). The van der Waals surface area contributed by atoms with E-state index in [-0.39, 0.29) is 12.5 Å². The summed E-state index contributed by atoms with van der Waals surface area (Å²) in [5, 5.41) is 14.5. The molecule has 0 spiro atoms. The Morgan fingerprint density at radius 3 is 2.81 bits per heavy atom. The summed E-state index contributed by atoms with van der Waals surface area (Å²) in [7, 11) is 0. The van der Waals surface area contributed by atoms with Crippen LogP contribution in [0.15, 0.2) is 24.3 Å². The molecule has 0 unspecified atom stereocenters. The van der Waals surface area contributed by atoms with E-state index in [9.17, 15) is 9.90 Å². The number of fused-ring (bicyclic) bond motifs is 1. The average molecular weight is 326 g/mol. The fraction of sp³-hybridized carbons (Fsp3) is 0.400. The molecule has 0 radical (unpaired) electrons. The number of nitrogens with one attached hydrogen (secondary N) is 1. The van der Waals surface area contributed by atoms with Crippen molar-refractivity contribution in [3.8, 4) is 0 Å². The van der Waals surface area contributed by atoms with Crippen molar-refractivity contribution in [1.82, 2.24) is 5.32 Å². The third kappa shape index (κ3) is 3.06. The van der Waals surface area contributed by atoms with E-state index >= 15 is 0 Å². The fourth-order valence-corrected chi connectivity index (χ4v) is 3.85. The Morgan fingerprint density at radius 1 is 1.38 bits per heavy atom. The smallest absolute Gasteiger partial charge is 0.263 e. The number of halogens is 1. The lowest BCUT2D eigenvalue weighted by Gasteiger charge is -2.31. The molecule has 1 aromatic heterocycles. The Bertz CT molecular complexity index is 664. The van der Waals surface area contributed by atoms with Crippen molar-refractivity contribution in [1.29, 1.82) is 0 Å². The Morgan fingerprint density at radius 2 is 2.10 bits per heavy atom. The number of benzene rings is 1. The maximum Gasteiger partial charge on any atom is 0.263 e. The number of amides is 1. The van der Waals surface area contributed by atoms with E-state index in [1.807, 2.05) is 24.3 Å². The van der Waals surface area contributed by atoms with Crippen molar-refractivity contribution in [2.24, 2.45) is 0 Å². The predicted molar refractivity (Wildman–Crippen MR) is 84.2 cm³/mol. The topological polar surface area (TPSA) is 58.6 Å². The molecule has 2 N–H and O–H groups in total. The quantitative estimate of drug-likeness (QED) is 0.912. The zero-order valence-corrected chi connectivity index (χ0v) is 13.0. The van der Waals surface area contributed by atoms with Gasteiger partial charge in [-0.2, -0.15) is 0 Å². The number of hydrogen-bond acceptors (Lipinski definition) is 4. The van der Waals surface area contributed by atoms with Crippen LogP contribution in [0.2, 0.25) is 5.02 Å². The van der Waals surface area contributed by atoms with Crippen LogP contribution in [0.25, 0.3) is 10.1 Å². The zero-order valence-electron chi connectivity index (χ0n) is 11.4. The van der Waals surface area contributed by atoms with Gasteiger partial charge in [-0.1, -0.05) is 29.8 Å². The highest BCUT2D eigenvalue weighted by atomic mass is 35.5. The molecule has 21 heavy (non-hydrogen) atoms. The van der Waals surface area contributed by atoms with Gasteiger partial charge in [0.15, 0.2) is 0 Å². The molecule has 112 valence electrons. The molecule has 0 bridgehead atoms. The van der Waals surface area contributed by atoms with Crippen LogP contribution in [0, 0.1) is 0 Å². The van der Waals surface area contributed by atoms with E-state index in [1.54, 1.807) is 0 Å². The van der Waals surface area contributed by atoms with Crippen molar-refractivity contribution in [3.05, 3.63) is 34.2 Å². The molecule has 6 heteroatoms. The normalized spacial score (nSPS) is 17.8. The Labute approximate surface area is 131 Å². The van der Waals surface area contributed by atoms with Crippen molar-refractivity contribution in [2.45, 2.75) is 18.4 Å². The molecule has 0 atom stereocenters. The minimum Gasteiger partial charge on any atom is -0.388 e. The highest BCUT2D eigenvalue weighted by molar-refractivity contribution is 7.21. The summed E-state index contributed by atoms with van der Waals surface area (Å²) in [5.41, 5.74) is -0.878. The minimum absolute atomic E-state index is 0.222. The molecular formula is C15H16ClNO3S. The molecule has 1 saturated heterocycles. The van der Waals surface area contributed by atoms with Crippen molar-refractivity contribution < 1.29 is 14.6 Å². The summed E-state index contributed by atoms with van der Waals surface area (Å²) >= 11 is 7.64. The Balaban J connectivity index is 1.73. The van der Waals surface area contributed by atoms with Gasteiger partial charge < -0.3 is 15.2 Å². The summed E-state index contributed by atoms with van der Waals surface area (Å²) < 4.78 is 6.21. The molecule has 1 aliphatic rings. The summed E-state index contributed by atoms with van der Waals surface area (Å²) in [6, 6.07) is 7.65. The number of thiophene rings is 1. The molecule has 1 aliphatic heterocycles. The van der Waals surface area contributed by atoms with Gasteiger partial charge in [0.05, 0.1) is 10.6 Å². The molecule has 1 amide bonds. The van der Waals surface area contributed by atoms with Gasteiger partial charge in [-0.15, -0.1) is 11.3 Å². The third-order valence-electron chi connectivity index (χ3n) is 3.74. The first-order valence-corrected chi connectivity index (χ1v) is 8.04. The predicted octanol–water partition coefficient (Wildman–Crippen LogP) is 2.83. The maximum atomic E-state index is 12.3. The van der Waals surface area contributed by atoms with E-state index in [4.69, 9.17) is 16.3 Å². The highest BCUT2D eigenvalue weighted by Crippen LogP contribution is 2.35. The van der Waals surface area contributed by atoms with Crippen LogP contribution >= 0.6 is 22.9 Å². The third-order valence-corrected chi connectivity index (χ3v) is 5.42. The molecule has 1 aromatic carbocycles. The number of aliphatic hydroxyl groups is 1. The van der Waals surface area contributed by atoms with E-state index in [0.717, 1.165) is 10.1 Å². The van der Waals surface area contributed by atoms with Gasteiger partial charge in [0.25, 0.3) is 5.91 Å². The second-order valence-electron chi connectivity index (χ2n) is 5.26. The van der Waals surface area contributed by atoms with Gasteiger partial charge in [-0.3, -0.25) is 4.79 Å². The van der Waals surface area contributed by atoms with Crippen LogP contribution in [-0.4, -0.2) is 36.4 Å². The number of carbonyl (C=O) groups excluding carboxylic acids is 1. The lowest BCUT2D eigenvalue weighted by molar-refractivity contribution is -0.0605. The van der Waals surface area contributed by atoms with E-state index in [1.165, 1.54) is 11.3 Å². The summed E-state index contributed by atoms with van der Waals surface area (Å²) in [5.74, 6) is -0.235. The molecule has 2 heterocycles. The Hall–Kier alpha value is -1.14. The average Bonchev–Trinajstić information content (AvgIpc) is 2.84. The Kier molecular flexibility index (Phi) is 4.17. The fourth-order valence-electron chi connectivity index (χ4n) is 2.41. The molecule has 0 saturated carbocycles. The molecule has 4 nitrogen and oxygen atoms in total. The van der Waals surface area contributed by atoms with Crippen LogP contribution in [0.3, 0.4) is 0 Å². The molecule has 3 rings (SSSR count). The largest absolute Gasteiger partial charge is 0.388 e. The second-order valence-corrected chi connectivity index (χ2v) is 6.69. The number of hydrogen-bond donors (Lipinski definition) is 2. The van der Waals surface area contributed by atoms with Crippen LogP contribution < -0.4 is 5.32 Å². The van der Waals surface area contributed by atoms with Gasteiger partial charge in [0.1, 0.15) is 4.88 Å². The lowest BCUT2D eigenvalue weighted by atomic mass is 9.94. The first-order chi connectivity index (χ1) is 10.1. The monoisotopic (exact) mass is 325 g/mol. The van der Waals surface area contributed by atoms with Crippen LogP contribution in [0.5, 0.6) is 0 Å². The van der Waals surface area contributed by atoms with E-state index in [2.05, 4.69) is 5.32 Å². The maximum absolute atomic E-state index is 12.3. The summed E-state index contributed by atoms with van der Waals surface area (Å²) in [6.45, 7) is 1.27. The second kappa shape index (κ2) is 5.93. The molecule has 0 aliphatic carbocycles. The SMILES string of the molecule is O=C(NCC1(O)CCOCC1)c1sc2ccccc2c1Cl. The molecule has 2 aromatic rings. The summed E-state index contributed by atoms with van der Waals surface area (Å²) in [4.78, 5) is 12.8. The van der Waals surface area contributed by atoms with Gasteiger partial charge in [0.2, 0.25) is 0 Å². The van der Waals surface area contributed by atoms with Crippen molar-refractivity contribution in [2.75, 3.05) is 19.8 Å². The number of carbonyl (C=O) groups is 1. The minimum atomic E-state index is -0.878. The van der Waals surface area contributed by atoms with E-state index < -0.39 is 5.60 Å². The van der Waals surface area contributed by atoms with Gasteiger partial charge >= 0.3 is 0 Å². The number of ether oxygens (including phenoxy) is 1. The van der Waals surface area contributed by atoms with Crippen LogP contribution in [0.4, 0.5) is 0 Å². The first kappa shape index (κ1) is 14.8. The number of rotatable bonds is 3. The molecule has 1 fully saturated rings. The van der Waals surface area contributed by atoms with Crippen LogP contribution in [-0.2, 0) is 4.74 Å². The highest BCUT2D eigenvalue weighted by Gasteiger charge is 2.30. The first-order valence-electron chi connectivity index (χ1n) is 6.84.